The van der Waals surface area contributed by atoms with Crippen LogP contribution in [0.2, 0.25) is 0 Å². The standard InChI is InChI=1S/C18H20N2O/c1-11-8-9-19-12(2)16(11)13-6-7-14-15(10-13)20(5)17(21)18(14,3)4/h6-10H,1-5H3. The van der Waals surface area contributed by atoms with E-state index in [-0.39, 0.29) is 5.91 Å². The van der Waals surface area contributed by atoms with Gasteiger partial charge in [0.25, 0.3) is 0 Å². The Balaban J connectivity index is 2.21. The highest BCUT2D eigenvalue weighted by atomic mass is 16.2. The molecule has 21 heavy (non-hydrogen) atoms. The molecule has 1 aromatic heterocycles. The van der Waals surface area contributed by atoms with Gasteiger partial charge < -0.3 is 4.90 Å². The van der Waals surface area contributed by atoms with Crippen molar-refractivity contribution < 1.29 is 4.79 Å². The number of nitrogens with zero attached hydrogens (tertiary/aromatic N) is 2. The van der Waals surface area contributed by atoms with Gasteiger partial charge in [-0.25, -0.2) is 0 Å². The summed E-state index contributed by atoms with van der Waals surface area (Å²) in [5.41, 5.74) is 6.15. The first-order valence-corrected chi connectivity index (χ1v) is 7.19. The SMILES string of the molecule is Cc1ccnc(C)c1-c1ccc2c(c1)N(C)C(=O)C2(C)C. The molecule has 2 aromatic rings. The minimum atomic E-state index is -0.443. The van der Waals surface area contributed by atoms with Crippen molar-refractivity contribution in [3.8, 4) is 11.1 Å². The van der Waals surface area contributed by atoms with Crippen LogP contribution in [0.1, 0.15) is 30.7 Å². The Kier molecular flexibility index (Phi) is 2.90. The fourth-order valence-electron chi connectivity index (χ4n) is 3.27. The van der Waals surface area contributed by atoms with E-state index in [9.17, 15) is 4.79 Å². The number of fused-ring (bicyclic) bond motifs is 1. The van der Waals surface area contributed by atoms with Gasteiger partial charge in [-0.2, -0.15) is 0 Å². The second-order valence-electron chi connectivity index (χ2n) is 6.31. The van der Waals surface area contributed by atoms with Crippen molar-refractivity contribution in [1.29, 1.82) is 0 Å². The van der Waals surface area contributed by atoms with E-state index in [1.807, 2.05) is 40.1 Å². The lowest BCUT2D eigenvalue weighted by Gasteiger charge is -2.16. The molecule has 0 radical (unpaired) electrons. The fourth-order valence-corrected chi connectivity index (χ4v) is 3.27. The van der Waals surface area contributed by atoms with Crippen LogP contribution >= 0.6 is 0 Å². The molecular weight excluding hydrogens is 260 g/mol. The Labute approximate surface area is 125 Å². The van der Waals surface area contributed by atoms with Gasteiger partial charge in [0.2, 0.25) is 5.91 Å². The van der Waals surface area contributed by atoms with Crippen molar-refractivity contribution >= 4 is 11.6 Å². The van der Waals surface area contributed by atoms with Gasteiger partial charge in [0.05, 0.1) is 5.41 Å². The molecule has 1 aromatic carbocycles. The third-order valence-electron chi connectivity index (χ3n) is 4.51. The van der Waals surface area contributed by atoms with Gasteiger partial charge in [-0.05, 0) is 56.5 Å². The lowest BCUT2D eigenvalue weighted by atomic mass is 9.85. The van der Waals surface area contributed by atoms with Crippen molar-refractivity contribution in [2.75, 3.05) is 11.9 Å². The van der Waals surface area contributed by atoms with Crippen molar-refractivity contribution in [3.63, 3.8) is 0 Å². The number of carbonyl (C=O) groups excluding carboxylic acids is 1. The van der Waals surface area contributed by atoms with E-state index in [2.05, 4.69) is 30.1 Å². The minimum Gasteiger partial charge on any atom is -0.314 e. The monoisotopic (exact) mass is 280 g/mol. The van der Waals surface area contributed by atoms with Crippen LogP contribution in [0, 0.1) is 13.8 Å². The molecule has 3 nitrogen and oxygen atoms in total. The van der Waals surface area contributed by atoms with Crippen molar-refractivity contribution in [2.24, 2.45) is 0 Å². The van der Waals surface area contributed by atoms with Crippen LogP contribution < -0.4 is 4.90 Å². The lowest BCUT2D eigenvalue weighted by Crippen LogP contribution is -2.33. The van der Waals surface area contributed by atoms with Crippen LogP contribution in [0.3, 0.4) is 0 Å². The van der Waals surface area contributed by atoms with Crippen LogP contribution in [0.5, 0.6) is 0 Å². The van der Waals surface area contributed by atoms with Crippen molar-refractivity contribution in [2.45, 2.75) is 33.1 Å². The maximum atomic E-state index is 12.4. The number of pyridine rings is 1. The molecule has 3 heteroatoms. The first-order valence-electron chi connectivity index (χ1n) is 7.19. The zero-order valence-electron chi connectivity index (χ0n) is 13.2. The molecule has 0 atom stereocenters. The van der Waals surface area contributed by atoms with E-state index in [1.54, 1.807) is 4.90 Å². The van der Waals surface area contributed by atoms with Crippen LogP contribution in [0.15, 0.2) is 30.5 Å². The van der Waals surface area contributed by atoms with Gasteiger partial charge in [0, 0.05) is 30.2 Å². The van der Waals surface area contributed by atoms with E-state index in [4.69, 9.17) is 0 Å². The summed E-state index contributed by atoms with van der Waals surface area (Å²) < 4.78 is 0. The summed E-state index contributed by atoms with van der Waals surface area (Å²) in [5, 5.41) is 0. The topological polar surface area (TPSA) is 33.2 Å². The molecule has 3 rings (SSSR count). The second kappa shape index (κ2) is 4.42. The average Bonchev–Trinajstić information content (AvgIpc) is 2.60. The Morgan fingerprint density at radius 1 is 1.14 bits per heavy atom. The van der Waals surface area contributed by atoms with Crippen LogP contribution in [0.4, 0.5) is 5.69 Å². The molecule has 0 spiro atoms. The van der Waals surface area contributed by atoms with E-state index < -0.39 is 5.41 Å². The summed E-state index contributed by atoms with van der Waals surface area (Å²) in [7, 11) is 1.85. The maximum Gasteiger partial charge on any atom is 0.236 e. The van der Waals surface area contributed by atoms with Crippen LogP contribution in [-0.2, 0) is 10.2 Å². The average molecular weight is 280 g/mol. The molecule has 0 saturated carbocycles. The molecule has 2 heterocycles. The maximum absolute atomic E-state index is 12.4. The summed E-state index contributed by atoms with van der Waals surface area (Å²) in [6.45, 7) is 8.08. The largest absolute Gasteiger partial charge is 0.314 e. The van der Waals surface area contributed by atoms with E-state index in [0.717, 1.165) is 28.1 Å². The van der Waals surface area contributed by atoms with Crippen molar-refractivity contribution in [3.05, 3.63) is 47.3 Å². The van der Waals surface area contributed by atoms with Gasteiger partial charge in [-0.15, -0.1) is 0 Å². The summed E-state index contributed by atoms with van der Waals surface area (Å²) in [6, 6.07) is 8.31. The summed E-state index contributed by atoms with van der Waals surface area (Å²) in [6.07, 6.45) is 1.83. The predicted octanol–water partition coefficient (Wildman–Crippen LogP) is 3.62. The quantitative estimate of drug-likeness (QED) is 0.799. The highest BCUT2D eigenvalue weighted by molar-refractivity contribution is 6.07. The summed E-state index contributed by atoms with van der Waals surface area (Å²) >= 11 is 0. The molecule has 1 aliphatic rings. The zero-order chi connectivity index (χ0) is 15.4. The summed E-state index contributed by atoms with van der Waals surface area (Å²) in [4.78, 5) is 18.5. The second-order valence-corrected chi connectivity index (χ2v) is 6.31. The Hall–Kier alpha value is -2.16. The fraction of sp³-hybridized carbons (Fsp3) is 0.333. The number of amides is 1. The molecule has 0 fully saturated rings. The molecule has 1 amide bonds. The Morgan fingerprint density at radius 3 is 2.52 bits per heavy atom. The number of carbonyl (C=O) groups is 1. The number of likely N-dealkylation sites (N-methyl/N-ethyl adjacent to an activating group) is 1. The first-order chi connectivity index (χ1) is 9.84. The first kappa shape index (κ1) is 13.8. The zero-order valence-corrected chi connectivity index (χ0v) is 13.2. The lowest BCUT2D eigenvalue weighted by molar-refractivity contribution is -0.121. The third-order valence-corrected chi connectivity index (χ3v) is 4.51. The minimum absolute atomic E-state index is 0.147. The molecule has 0 N–H and O–H groups in total. The number of anilines is 1. The number of benzene rings is 1. The Morgan fingerprint density at radius 2 is 1.86 bits per heavy atom. The van der Waals surface area contributed by atoms with Gasteiger partial charge in [0.15, 0.2) is 0 Å². The predicted molar refractivity (Wildman–Crippen MR) is 85.6 cm³/mol. The molecule has 0 bridgehead atoms. The molecule has 1 aliphatic heterocycles. The van der Waals surface area contributed by atoms with Gasteiger partial charge in [-0.1, -0.05) is 12.1 Å². The highest BCUT2D eigenvalue weighted by Crippen LogP contribution is 2.43. The van der Waals surface area contributed by atoms with Crippen LogP contribution in [-0.4, -0.2) is 17.9 Å². The Bertz CT molecular complexity index is 727. The number of aromatic nitrogens is 1. The van der Waals surface area contributed by atoms with Crippen LogP contribution in [0.25, 0.3) is 11.1 Å². The smallest absolute Gasteiger partial charge is 0.236 e. The van der Waals surface area contributed by atoms with Gasteiger partial charge >= 0.3 is 0 Å². The van der Waals surface area contributed by atoms with E-state index >= 15 is 0 Å². The number of aryl methyl sites for hydroxylation is 2. The molecule has 0 unspecified atom stereocenters. The summed E-state index contributed by atoms with van der Waals surface area (Å²) in [5.74, 6) is 0.147. The van der Waals surface area contributed by atoms with E-state index in [0.29, 0.717) is 0 Å². The van der Waals surface area contributed by atoms with Crippen molar-refractivity contribution in [1.82, 2.24) is 4.98 Å². The number of hydrogen-bond acceptors (Lipinski definition) is 2. The third kappa shape index (κ3) is 1.88. The van der Waals surface area contributed by atoms with Gasteiger partial charge in [0.1, 0.15) is 0 Å². The number of hydrogen-bond donors (Lipinski definition) is 0. The number of rotatable bonds is 1. The molecular formula is C18H20N2O. The molecule has 0 saturated heterocycles. The normalized spacial score (nSPS) is 16.2. The van der Waals surface area contributed by atoms with Gasteiger partial charge in [-0.3, -0.25) is 9.78 Å². The molecule has 0 aliphatic carbocycles. The highest BCUT2D eigenvalue weighted by Gasteiger charge is 2.42. The molecule has 108 valence electrons. The van der Waals surface area contributed by atoms with E-state index in [1.165, 1.54) is 5.56 Å².